The Morgan fingerprint density at radius 1 is 1.27 bits per heavy atom. The summed E-state index contributed by atoms with van der Waals surface area (Å²) in [5.41, 5.74) is -0.631. The first-order chi connectivity index (χ1) is 12.2. The second kappa shape index (κ2) is 8.02. The van der Waals surface area contributed by atoms with Gasteiger partial charge in [-0.2, -0.15) is 23.4 Å². The van der Waals surface area contributed by atoms with E-state index in [-0.39, 0.29) is 31.1 Å². The largest absolute Gasteiger partial charge is 0.476 e. The Balaban J connectivity index is 1.70. The summed E-state index contributed by atoms with van der Waals surface area (Å²) < 4.78 is 40.3. The third-order valence-corrected chi connectivity index (χ3v) is 3.57. The Hall–Kier alpha value is -2.85. The van der Waals surface area contributed by atoms with Crippen molar-refractivity contribution >= 4 is 11.9 Å². The number of hydrogen-bond acceptors (Lipinski definition) is 4. The van der Waals surface area contributed by atoms with Crippen LogP contribution in [0.4, 0.5) is 13.2 Å². The minimum atomic E-state index is -4.47. The normalized spacial score (nSPS) is 11.5. The molecular weight excluding hydrogens is 355 g/mol. The molecule has 0 unspecified atom stereocenters. The van der Waals surface area contributed by atoms with E-state index in [4.69, 9.17) is 5.11 Å². The summed E-state index contributed by atoms with van der Waals surface area (Å²) >= 11 is 0. The zero-order chi connectivity index (χ0) is 19.3. The molecule has 2 rings (SSSR count). The molecule has 2 N–H and O–H groups in total. The third kappa shape index (κ3) is 5.33. The van der Waals surface area contributed by atoms with Crippen molar-refractivity contribution in [2.75, 3.05) is 6.54 Å². The van der Waals surface area contributed by atoms with E-state index in [1.807, 2.05) is 0 Å². The fourth-order valence-electron chi connectivity index (χ4n) is 2.24. The molecule has 11 heteroatoms. The van der Waals surface area contributed by atoms with E-state index >= 15 is 0 Å². The molecule has 2 heterocycles. The van der Waals surface area contributed by atoms with Crippen LogP contribution in [0.5, 0.6) is 0 Å². The average Bonchev–Trinajstić information content (AvgIpc) is 3.16. The number of nitrogens with one attached hydrogen (secondary N) is 1. The third-order valence-electron chi connectivity index (χ3n) is 3.57. The lowest BCUT2D eigenvalue weighted by atomic mass is 10.3. The number of amides is 1. The van der Waals surface area contributed by atoms with Crippen molar-refractivity contribution in [2.45, 2.75) is 39.0 Å². The summed E-state index contributed by atoms with van der Waals surface area (Å²) in [6.07, 6.45) is -2.47. The van der Waals surface area contributed by atoms with Gasteiger partial charge < -0.3 is 10.4 Å². The van der Waals surface area contributed by atoms with Gasteiger partial charge in [0.25, 0.3) is 0 Å². The quantitative estimate of drug-likeness (QED) is 0.686. The molecule has 0 aliphatic rings. The summed E-state index contributed by atoms with van der Waals surface area (Å²) in [5.74, 6) is -1.40. The highest BCUT2D eigenvalue weighted by Crippen LogP contribution is 2.28. The van der Waals surface area contributed by atoms with Gasteiger partial charge in [-0.25, -0.2) is 4.79 Å². The standard InChI is InChI=1S/C15H18F3N5O3/c1-10-9-12(15(16,17)18)21-23(10)6-2-5-19-13(24)4-8-22-7-3-11(20-22)14(25)26/h3,7,9H,2,4-6,8H2,1H3,(H,19,24)(H,25,26). The van der Waals surface area contributed by atoms with Crippen LogP contribution in [-0.2, 0) is 24.1 Å². The van der Waals surface area contributed by atoms with Crippen molar-refractivity contribution in [3.05, 3.63) is 35.4 Å². The van der Waals surface area contributed by atoms with Crippen LogP contribution < -0.4 is 5.32 Å². The van der Waals surface area contributed by atoms with Gasteiger partial charge in [-0.05, 0) is 25.5 Å². The van der Waals surface area contributed by atoms with E-state index in [1.165, 1.54) is 28.6 Å². The molecule has 8 nitrogen and oxygen atoms in total. The fraction of sp³-hybridized carbons (Fsp3) is 0.467. The summed E-state index contributed by atoms with van der Waals surface area (Å²) in [7, 11) is 0. The number of halogens is 3. The molecular formula is C15H18F3N5O3. The number of carboxylic acids is 1. The number of rotatable bonds is 8. The zero-order valence-electron chi connectivity index (χ0n) is 14.0. The van der Waals surface area contributed by atoms with Crippen LogP contribution in [0.3, 0.4) is 0 Å². The van der Waals surface area contributed by atoms with E-state index < -0.39 is 17.8 Å². The van der Waals surface area contributed by atoms with Crippen LogP contribution >= 0.6 is 0 Å². The van der Waals surface area contributed by atoms with Crippen LogP contribution in [0.25, 0.3) is 0 Å². The van der Waals surface area contributed by atoms with Crippen LogP contribution in [0, 0.1) is 6.92 Å². The maximum Gasteiger partial charge on any atom is 0.435 e. The second-order valence-electron chi connectivity index (χ2n) is 5.61. The second-order valence-corrected chi connectivity index (χ2v) is 5.61. The lowest BCUT2D eigenvalue weighted by Crippen LogP contribution is -2.26. The highest BCUT2D eigenvalue weighted by atomic mass is 19.4. The van der Waals surface area contributed by atoms with E-state index in [9.17, 15) is 22.8 Å². The van der Waals surface area contributed by atoms with E-state index in [1.54, 1.807) is 0 Å². The van der Waals surface area contributed by atoms with Gasteiger partial charge in [0.2, 0.25) is 5.91 Å². The molecule has 26 heavy (non-hydrogen) atoms. The maximum atomic E-state index is 12.6. The minimum Gasteiger partial charge on any atom is -0.476 e. The molecule has 0 aliphatic heterocycles. The van der Waals surface area contributed by atoms with Gasteiger partial charge in [-0.3, -0.25) is 14.2 Å². The molecule has 0 radical (unpaired) electrons. The highest BCUT2D eigenvalue weighted by molar-refractivity contribution is 5.85. The van der Waals surface area contributed by atoms with Crippen LogP contribution in [0.2, 0.25) is 0 Å². The van der Waals surface area contributed by atoms with Gasteiger partial charge in [0.15, 0.2) is 11.4 Å². The van der Waals surface area contributed by atoms with Gasteiger partial charge in [-0.15, -0.1) is 0 Å². The van der Waals surface area contributed by atoms with Gasteiger partial charge >= 0.3 is 12.1 Å². The summed E-state index contributed by atoms with van der Waals surface area (Å²) in [6.45, 7) is 2.31. The summed E-state index contributed by atoms with van der Waals surface area (Å²) in [5, 5.41) is 18.7. The molecule has 0 spiro atoms. The predicted octanol–water partition coefficient (Wildman–Crippen LogP) is 1.70. The Morgan fingerprint density at radius 3 is 2.58 bits per heavy atom. The number of carboxylic acid groups (broad SMARTS) is 1. The number of aromatic nitrogens is 4. The van der Waals surface area contributed by atoms with Crippen LogP contribution in [0.15, 0.2) is 18.3 Å². The number of aryl methyl sites for hydroxylation is 3. The number of nitrogens with zero attached hydrogens (tertiary/aromatic N) is 4. The molecule has 0 saturated carbocycles. The molecule has 0 fully saturated rings. The fourth-order valence-corrected chi connectivity index (χ4v) is 2.24. The number of carbonyl (C=O) groups excluding carboxylic acids is 1. The van der Waals surface area contributed by atoms with Crippen molar-refractivity contribution < 1.29 is 27.9 Å². The average molecular weight is 373 g/mol. The van der Waals surface area contributed by atoms with Crippen molar-refractivity contribution in [1.29, 1.82) is 0 Å². The summed E-state index contributed by atoms with van der Waals surface area (Å²) in [4.78, 5) is 22.4. The van der Waals surface area contributed by atoms with Crippen molar-refractivity contribution in [2.24, 2.45) is 0 Å². The Morgan fingerprint density at radius 2 is 2.00 bits per heavy atom. The molecule has 0 aliphatic carbocycles. The van der Waals surface area contributed by atoms with Crippen LogP contribution in [0.1, 0.15) is 34.7 Å². The van der Waals surface area contributed by atoms with Crippen molar-refractivity contribution in [3.63, 3.8) is 0 Å². The predicted molar refractivity (Wildman–Crippen MR) is 83.4 cm³/mol. The molecule has 142 valence electrons. The Labute approximate surface area is 146 Å². The Kier molecular flexibility index (Phi) is 6.01. The summed E-state index contributed by atoms with van der Waals surface area (Å²) in [6, 6.07) is 2.32. The lowest BCUT2D eigenvalue weighted by molar-refractivity contribution is -0.141. The zero-order valence-corrected chi connectivity index (χ0v) is 14.0. The molecule has 1 amide bonds. The van der Waals surface area contributed by atoms with Gasteiger partial charge in [0, 0.05) is 37.9 Å². The van der Waals surface area contributed by atoms with Gasteiger partial charge in [0.1, 0.15) is 0 Å². The SMILES string of the molecule is Cc1cc(C(F)(F)F)nn1CCCNC(=O)CCn1ccc(C(=O)O)n1. The van der Waals surface area contributed by atoms with E-state index in [0.29, 0.717) is 18.7 Å². The van der Waals surface area contributed by atoms with Crippen molar-refractivity contribution in [3.8, 4) is 0 Å². The number of alkyl halides is 3. The van der Waals surface area contributed by atoms with Crippen LogP contribution in [-0.4, -0.2) is 43.1 Å². The maximum absolute atomic E-state index is 12.6. The monoisotopic (exact) mass is 373 g/mol. The van der Waals surface area contributed by atoms with Crippen molar-refractivity contribution in [1.82, 2.24) is 24.9 Å². The number of hydrogen-bond donors (Lipinski definition) is 2. The molecule has 0 aromatic carbocycles. The number of aromatic carboxylic acids is 1. The molecule has 0 bridgehead atoms. The molecule has 2 aromatic rings. The lowest BCUT2D eigenvalue weighted by Gasteiger charge is -2.07. The first-order valence-electron chi connectivity index (χ1n) is 7.82. The Bertz CT molecular complexity index is 782. The minimum absolute atomic E-state index is 0.0989. The smallest absolute Gasteiger partial charge is 0.435 e. The van der Waals surface area contributed by atoms with Gasteiger partial charge in [0.05, 0.1) is 0 Å². The highest BCUT2D eigenvalue weighted by Gasteiger charge is 2.34. The molecule has 0 atom stereocenters. The molecule has 0 saturated heterocycles. The van der Waals surface area contributed by atoms with E-state index in [0.717, 1.165) is 6.07 Å². The molecule has 2 aromatic heterocycles. The van der Waals surface area contributed by atoms with Gasteiger partial charge in [-0.1, -0.05) is 0 Å². The first-order valence-corrected chi connectivity index (χ1v) is 7.82. The topological polar surface area (TPSA) is 102 Å². The number of carbonyl (C=O) groups is 2. The van der Waals surface area contributed by atoms with E-state index in [2.05, 4.69) is 15.5 Å². The first kappa shape index (κ1) is 19.5.